The molecule has 0 N–H and O–H groups in total. The van der Waals surface area contributed by atoms with Crippen molar-refractivity contribution in [2.45, 2.75) is 19.4 Å². The molecule has 0 saturated carbocycles. The Morgan fingerprint density at radius 3 is 2.87 bits per heavy atom. The molecule has 1 aromatic rings. The Morgan fingerprint density at radius 2 is 2.13 bits per heavy atom. The Balaban J connectivity index is 1.91. The van der Waals surface area contributed by atoms with Crippen LogP contribution >= 0.6 is 0 Å². The predicted octanol–water partition coefficient (Wildman–Crippen LogP) is 1.93. The van der Waals surface area contributed by atoms with Crippen molar-refractivity contribution in [2.75, 3.05) is 6.54 Å². The van der Waals surface area contributed by atoms with Crippen LogP contribution in [-0.2, 0) is 16.2 Å². The van der Waals surface area contributed by atoms with Gasteiger partial charge in [-0.25, -0.2) is 9.86 Å². The van der Waals surface area contributed by atoms with E-state index in [-0.39, 0.29) is 0 Å². The van der Waals surface area contributed by atoms with Crippen LogP contribution in [0, 0.1) is 0 Å². The normalized spacial score (nSPS) is 15.5. The summed E-state index contributed by atoms with van der Waals surface area (Å²) >= 11 is 0. The maximum atomic E-state index is 10.5. The van der Waals surface area contributed by atoms with E-state index in [1.807, 2.05) is 36.3 Å². The highest BCUT2D eigenvalue weighted by atomic mass is 16.7. The lowest BCUT2D eigenvalue weighted by molar-refractivity contribution is -0.130. The third kappa shape index (κ3) is 2.46. The van der Waals surface area contributed by atoms with Crippen LogP contribution in [0.2, 0.25) is 0 Å². The van der Waals surface area contributed by atoms with Gasteiger partial charge in [-0.2, -0.15) is 0 Å². The first-order valence-electron chi connectivity index (χ1n) is 5.08. The second-order valence-electron chi connectivity index (χ2n) is 3.51. The van der Waals surface area contributed by atoms with Gasteiger partial charge in [0.05, 0.1) is 6.61 Å². The van der Waals surface area contributed by atoms with Crippen molar-refractivity contribution < 1.29 is 9.63 Å². The number of hydrogen-bond donors (Lipinski definition) is 0. The molecule has 0 bridgehead atoms. The highest BCUT2D eigenvalue weighted by molar-refractivity contribution is 5.51. The van der Waals surface area contributed by atoms with Gasteiger partial charge in [0.25, 0.3) is 0 Å². The number of rotatable bonds is 3. The number of allylic oxidation sites excluding steroid dienone is 1. The molecule has 0 atom stereocenters. The second-order valence-corrected chi connectivity index (χ2v) is 3.51. The lowest BCUT2D eigenvalue weighted by Gasteiger charge is -2.16. The topological polar surface area (TPSA) is 29.5 Å². The van der Waals surface area contributed by atoms with Crippen LogP contribution in [0.1, 0.15) is 18.4 Å². The Hall–Kier alpha value is -1.57. The van der Waals surface area contributed by atoms with Crippen LogP contribution < -0.4 is 0 Å². The van der Waals surface area contributed by atoms with E-state index in [1.54, 1.807) is 5.06 Å². The molecule has 0 spiro atoms. The highest BCUT2D eigenvalue weighted by Gasteiger charge is 2.18. The molecule has 1 aliphatic rings. The fourth-order valence-corrected chi connectivity index (χ4v) is 1.62. The van der Waals surface area contributed by atoms with Gasteiger partial charge in [-0.1, -0.05) is 30.3 Å². The number of hydrogen-bond acceptors (Lipinski definition) is 3. The summed E-state index contributed by atoms with van der Waals surface area (Å²) in [4.78, 5) is 16.1. The Labute approximate surface area is 88.9 Å². The molecule has 0 aliphatic carbocycles. The van der Waals surface area contributed by atoms with E-state index in [0.29, 0.717) is 12.3 Å². The quantitative estimate of drug-likeness (QED) is 0.703. The zero-order chi connectivity index (χ0) is 10.5. The lowest BCUT2D eigenvalue weighted by atomic mass is 10.2. The maximum absolute atomic E-state index is 10.5. The van der Waals surface area contributed by atoms with Gasteiger partial charge in [-0.15, -0.1) is 0 Å². The first-order chi connectivity index (χ1) is 7.40. The molecule has 1 aliphatic heterocycles. The van der Waals surface area contributed by atoms with Crippen molar-refractivity contribution in [2.24, 2.45) is 0 Å². The third-order valence-corrected chi connectivity index (χ3v) is 2.42. The summed E-state index contributed by atoms with van der Waals surface area (Å²) in [6.45, 7) is 1.30. The van der Waals surface area contributed by atoms with Crippen LogP contribution in [0.15, 0.2) is 36.0 Å². The molecule has 0 aromatic heterocycles. The van der Waals surface area contributed by atoms with Crippen molar-refractivity contribution in [3.8, 4) is 0 Å². The van der Waals surface area contributed by atoms with E-state index in [1.165, 1.54) is 0 Å². The largest absolute Gasteiger partial charge is 0.268 e. The zero-order valence-electron chi connectivity index (χ0n) is 8.48. The van der Waals surface area contributed by atoms with Crippen molar-refractivity contribution in [1.82, 2.24) is 5.06 Å². The average molecular weight is 203 g/mol. The molecule has 3 heteroatoms. The first kappa shape index (κ1) is 9.97. The van der Waals surface area contributed by atoms with Gasteiger partial charge in [0.2, 0.25) is 0 Å². The minimum absolute atomic E-state index is 0.506. The van der Waals surface area contributed by atoms with Crippen LogP contribution in [0.3, 0.4) is 0 Å². The number of nitrogens with zero attached hydrogens (tertiary/aromatic N) is 1. The SMILES string of the molecule is O=C=C1CCCN1OCc1ccccc1. The molecule has 1 aromatic carbocycles. The Morgan fingerprint density at radius 1 is 1.33 bits per heavy atom. The maximum Gasteiger partial charge on any atom is 0.148 e. The molecule has 2 rings (SSSR count). The summed E-state index contributed by atoms with van der Waals surface area (Å²) < 4.78 is 0. The van der Waals surface area contributed by atoms with E-state index < -0.39 is 0 Å². The van der Waals surface area contributed by atoms with Crippen LogP contribution in [0.25, 0.3) is 0 Å². The molecule has 1 saturated heterocycles. The summed E-state index contributed by atoms with van der Waals surface area (Å²) in [7, 11) is 0. The summed E-state index contributed by atoms with van der Waals surface area (Å²) in [5.74, 6) is 1.92. The minimum atomic E-state index is 0.506. The molecule has 1 fully saturated rings. The van der Waals surface area contributed by atoms with Gasteiger partial charge in [0.15, 0.2) is 0 Å². The summed E-state index contributed by atoms with van der Waals surface area (Å²) in [6.07, 6.45) is 1.75. The fourth-order valence-electron chi connectivity index (χ4n) is 1.62. The van der Waals surface area contributed by atoms with Crippen molar-refractivity contribution >= 4 is 5.94 Å². The molecular weight excluding hydrogens is 190 g/mol. The number of benzene rings is 1. The van der Waals surface area contributed by atoms with Crippen molar-refractivity contribution in [3.63, 3.8) is 0 Å². The van der Waals surface area contributed by atoms with Gasteiger partial charge in [0, 0.05) is 13.0 Å². The first-order valence-corrected chi connectivity index (χ1v) is 5.08. The molecule has 15 heavy (non-hydrogen) atoms. The minimum Gasteiger partial charge on any atom is -0.268 e. The Bertz CT molecular complexity index is 368. The third-order valence-electron chi connectivity index (χ3n) is 2.42. The second kappa shape index (κ2) is 4.78. The van der Waals surface area contributed by atoms with Gasteiger partial charge in [0.1, 0.15) is 11.6 Å². The van der Waals surface area contributed by atoms with Gasteiger partial charge < -0.3 is 0 Å². The zero-order valence-corrected chi connectivity index (χ0v) is 8.48. The monoisotopic (exact) mass is 203 g/mol. The number of carbonyl (C=O) groups excluding carboxylic acids is 1. The highest BCUT2D eigenvalue weighted by Crippen LogP contribution is 2.19. The van der Waals surface area contributed by atoms with Gasteiger partial charge in [-0.05, 0) is 12.0 Å². The molecule has 1 heterocycles. The molecule has 0 radical (unpaired) electrons. The van der Waals surface area contributed by atoms with E-state index in [0.717, 1.165) is 24.9 Å². The molecule has 78 valence electrons. The fraction of sp³-hybridized carbons (Fsp3) is 0.333. The van der Waals surface area contributed by atoms with E-state index in [4.69, 9.17) is 4.84 Å². The van der Waals surface area contributed by atoms with Crippen molar-refractivity contribution in [1.29, 1.82) is 0 Å². The lowest BCUT2D eigenvalue weighted by Crippen LogP contribution is -2.18. The Kier molecular flexibility index (Phi) is 3.18. The molecule has 0 unspecified atom stereocenters. The molecule has 3 nitrogen and oxygen atoms in total. The summed E-state index contributed by atoms with van der Waals surface area (Å²) in [5.41, 5.74) is 1.74. The van der Waals surface area contributed by atoms with Crippen LogP contribution in [0.4, 0.5) is 0 Å². The van der Waals surface area contributed by atoms with Crippen molar-refractivity contribution in [3.05, 3.63) is 41.6 Å². The van der Waals surface area contributed by atoms with Gasteiger partial charge >= 0.3 is 0 Å². The van der Waals surface area contributed by atoms with Gasteiger partial charge in [-0.3, -0.25) is 4.84 Å². The standard InChI is InChI=1S/C12H13NO2/c14-9-12-7-4-8-13(12)15-10-11-5-2-1-3-6-11/h1-3,5-6H,4,7-8,10H2. The molecular formula is C12H13NO2. The number of hydroxylamine groups is 2. The van der Waals surface area contributed by atoms with E-state index >= 15 is 0 Å². The average Bonchev–Trinajstić information content (AvgIpc) is 2.75. The smallest absolute Gasteiger partial charge is 0.148 e. The van der Waals surface area contributed by atoms with E-state index in [2.05, 4.69) is 0 Å². The summed E-state index contributed by atoms with van der Waals surface area (Å²) in [6, 6.07) is 9.91. The van der Waals surface area contributed by atoms with Crippen LogP contribution in [-0.4, -0.2) is 17.5 Å². The van der Waals surface area contributed by atoms with E-state index in [9.17, 15) is 4.79 Å². The van der Waals surface area contributed by atoms with Crippen LogP contribution in [0.5, 0.6) is 0 Å². The predicted molar refractivity (Wildman–Crippen MR) is 56.4 cm³/mol. The summed E-state index contributed by atoms with van der Waals surface area (Å²) in [5, 5.41) is 1.65. The molecule has 0 amide bonds.